The Bertz CT molecular complexity index is 764. The van der Waals surface area contributed by atoms with E-state index in [1.165, 1.54) is 6.92 Å². The number of anilines is 1. The molecule has 0 heterocycles. The topological polar surface area (TPSA) is 73.1 Å². The van der Waals surface area contributed by atoms with E-state index >= 15 is 0 Å². The first kappa shape index (κ1) is 17.3. The smallest absolute Gasteiger partial charge is 0.161 e. The second kappa shape index (κ2) is 7.47. The summed E-state index contributed by atoms with van der Waals surface area (Å²) < 4.78 is 0. The molecule has 2 N–H and O–H groups in total. The van der Waals surface area contributed by atoms with Gasteiger partial charge in [0.05, 0.1) is 17.7 Å². The van der Waals surface area contributed by atoms with Crippen molar-refractivity contribution in [2.24, 2.45) is 0 Å². The van der Waals surface area contributed by atoms with Crippen LogP contribution < -0.4 is 5.32 Å². The Hall–Kier alpha value is -2.06. The number of nitrogens with one attached hydrogen (secondary N) is 1. The fourth-order valence-electron chi connectivity index (χ4n) is 2.16. The van der Waals surface area contributed by atoms with Crippen LogP contribution in [0.25, 0.3) is 0 Å². The Labute approximate surface area is 144 Å². The molecule has 1 unspecified atom stereocenters. The molecular formula is C17H14Cl2N2O2. The number of rotatable bonds is 5. The predicted molar refractivity (Wildman–Crippen MR) is 91.1 cm³/mol. The van der Waals surface area contributed by atoms with Crippen LogP contribution in [0.5, 0.6) is 0 Å². The molecule has 0 aliphatic carbocycles. The first-order valence-electron chi connectivity index (χ1n) is 6.83. The van der Waals surface area contributed by atoms with Crippen molar-refractivity contribution < 1.29 is 9.90 Å². The Morgan fingerprint density at radius 2 is 1.91 bits per heavy atom. The molecule has 0 spiro atoms. The third kappa shape index (κ3) is 4.46. The zero-order chi connectivity index (χ0) is 17.0. The number of Topliss-reactive ketones (excluding diaryl/α,β-unsaturated/α-hetero) is 1. The first-order valence-corrected chi connectivity index (χ1v) is 7.59. The number of hydrogen-bond acceptors (Lipinski definition) is 4. The van der Waals surface area contributed by atoms with Gasteiger partial charge in [-0.15, -0.1) is 0 Å². The number of carbonyl (C=O) groups excluding carboxylic acids is 1. The zero-order valence-corrected chi connectivity index (χ0v) is 13.8. The van der Waals surface area contributed by atoms with Gasteiger partial charge in [-0.2, -0.15) is 5.26 Å². The fourth-order valence-corrected chi connectivity index (χ4v) is 2.70. The van der Waals surface area contributed by atoms with Crippen molar-refractivity contribution in [3.05, 3.63) is 63.1 Å². The normalized spacial score (nSPS) is 11.6. The standard InChI is InChI=1S/C17H14Cl2N2O2/c1-10(22)15-3-2-11(8-20)4-16(15)21-9-17(23)12-5-13(18)7-14(19)6-12/h2-7,17,21,23H,9H2,1H3. The molecule has 6 heteroatoms. The van der Waals surface area contributed by atoms with Crippen molar-refractivity contribution in [2.45, 2.75) is 13.0 Å². The summed E-state index contributed by atoms with van der Waals surface area (Å²) in [7, 11) is 0. The maximum Gasteiger partial charge on any atom is 0.161 e. The summed E-state index contributed by atoms with van der Waals surface area (Å²) in [5.74, 6) is -0.128. The van der Waals surface area contributed by atoms with Gasteiger partial charge in [0.15, 0.2) is 5.78 Å². The van der Waals surface area contributed by atoms with Crippen molar-refractivity contribution in [3.63, 3.8) is 0 Å². The Balaban J connectivity index is 2.19. The van der Waals surface area contributed by atoms with Crippen LogP contribution in [0.2, 0.25) is 10.0 Å². The number of carbonyl (C=O) groups is 1. The highest BCUT2D eigenvalue weighted by Gasteiger charge is 2.13. The zero-order valence-electron chi connectivity index (χ0n) is 12.3. The lowest BCUT2D eigenvalue weighted by molar-refractivity contribution is 0.101. The van der Waals surface area contributed by atoms with Crippen LogP contribution in [-0.2, 0) is 0 Å². The van der Waals surface area contributed by atoms with Gasteiger partial charge in [0, 0.05) is 27.8 Å². The van der Waals surface area contributed by atoms with Crippen LogP contribution in [0.3, 0.4) is 0 Å². The fraction of sp³-hybridized carbons (Fsp3) is 0.176. The molecule has 23 heavy (non-hydrogen) atoms. The van der Waals surface area contributed by atoms with E-state index in [1.807, 2.05) is 6.07 Å². The van der Waals surface area contributed by atoms with Crippen molar-refractivity contribution in [1.29, 1.82) is 5.26 Å². The van der Waals surface area contributed by atoms with E-state index in [9.17, 15) is 9.90 Å². The molecule has 0 radical (unpaired) electrons. The van der Waals surface area contributed by atoms with Crippen LogP contribution >= 0.6 is 23.2 Å². The molecule has 0 saturated carbocycles. The first-order chi connectivity index (χ1) is 10.9. The third-order valence-electron chi connectivity index (χ3n) is 3.28. The molecule has 0 saturated heterocycles. The molecule has 0 aliphatic rings. The number of nitrogens with zero attached hydrogens (tertiary/aromatic N) is 1. The number of nitriles is 1. The van der Waals surface area contributed by atoms with Crippen molar-refractivity contribution in [3.8, 4) is 6.07 Å². The molecular weight excluding hydrogens is 335 g/mol. The lowest BCUT2D eigenvalue weighted by Crippen LogP contribution is -2.14. The highest BCUT2D eigenvalue weighted by molar-refractivity contribution is 6.34. The lowest BCUT2D eigenvalue weighted by Gasteiger charge is -2.16. The van der Waals surface area contributed by atoms with Gasteiger partial charge >= 0.3 is 0 Å². The molecule has 1 atom stereocenters. The largest absolute Gasteiger partial charge is 0.387 e. The molecule has 2 aromatic carbocycles. The summed E-state index contributed by atoms with van der Waals surface area (Å²) in [6, 6.07) is 11.6. The molecule has 0 fully saturated rings. The van der Waals surface area contributed by atoms with E-state index in [-0.39, 0.29) is 12.3 Å². The maximum atomic E-state index is 11.6. The van der Waals surface area contributed by atoms with Gasteiger partial charge in [-0.3, -0.25) is 4.79 Å². The van der Waals surface area contributed by atoms with Crippen LogP contribution in [0, 0.1) is 11.3 Å². The summed E-state index contributed by atoms with van der Waals surface area (Å²) in [5.41, 5.74) is 1.96. The summed E-state index contributed by atoms with van der Waals surface area (Å²) in [6.07, 6.45) is -0.864. The molecule has 4 nitrogen and oxygen atoms in total. The van der Waals surface area contributed by atoms with Gasteiger partial charge in [-0.1, -0.05) is 23.2 Å². The second-order valence-corrected chi connectivity index (χ2v) is 5.90. The Morgan fingerprint density at radius 1 is 1.26 bits per heavy atom. The minimum absolute atomic E-state index is 0.128. The summed E-state index contributed by atoms with van der Waals surface area (Å²) >= 11 is 11.8. The molecule has 2 aromatic rings. The number of aliphatic hydroxyl groups excluding tert-OH is 1. The van der Waals surface area contributed by atoms with E-state index in [2.05, 4.69) is 5.32 Å². The summed E-state index contributed by atoms with van der Waals surface area (Å²) in [5, 5.41) is 23.1. The maximum absolute atomic E-state index is 11.6. The lowest BCUT2D eigenvalue weighted by atomic mass is 10.1. The quantitative estimate of drug-likeness (QED) is 0.793. The van der Waals surface area contributed by atoms with Crippen LogP contribution in [-0.4, -0.2) is 17.4 Å². The number of halogens is 2. The van der Waals surface area contributed by atoms with E-state index in [0.717, 1.165) is 0 Å². The molecule has 0 aromatic heterocycles. The minimum atomic E-state index is -0.864. The van der Waals surface area contributed by atoms with Crippen LogP contribution in [0.1, 0.15) is 34.5 Å². The average molecular weight is 349 g/mol. The second-order valence-electron chi connectivity index (χ2n) is 5.03. The highest BCUT2D eigenvalue weighted by Crippen LogP contribution is 2.25. The van der Waals surface area contributed by atoms with Crippen molar-refractivity contribution in [1.82, 2.24) is 0 Å². The Morgan fingerprint density at radius 3 is 2.48 bits per heavy atom. The molecule has 0 bridgehead atoms. The summed E-state index contributed by atoms with van der Waals surface area (Å²) in [6.45, 7) is 1.59. The summed E-state index contributed by atoms with van der Waals surface area (Å²) in [4.78, 5) is 11.6. The number of benzene rings is 2. The highest BCUT2D eigenvalue weighted by atomic mass is 35.5. The van der Waals surface area contributed by atoms with Gasteiger partial charge in [-0.05, 0) is 48.9 Å². The predicted octanol–water partition coefficient (Wildman–Crippen LogP) is 4.21. The van der Waals surface area contributed by atoms with Gasteiger partial charge in [0.2, 0.25) is 0 Å². The van der Waals surface area contributed by atoms with E-state index < -0.39 is 6.10 Å². The molecule has 0 aliphatic heterocycles. The van der Waals surface area contributed by atoms with Crippen LogP contribution in [0.4, 0.5) is 5.69 Å². The molecule has 118 valence electrons. The van der Waals surface area contributed by atoms with Gasteiger partial charge in [0.1, 0.15) is 0 Å². The average Bonchev–Trinajstić information content (AvgIpc) is 2.51. The number of ketones is 1. The van der Waals surface area contributed by atoms with E-state index in [4.69, 9.17) is 28.5 Å². The van der Waals surface area contributed by atoms with E-state index in [0.29, 0.717) is 32.4 Å². The SMILES string of the molecule is CC(=O)c1ccc(C#N)cc1NCC(O)c1cc(Cl)cc(Cl)c1. The van der Waals surface area contributed by atoms with Gasteiger partial charge in [-0.25, -0.2) is 0 Å². The molecule has 2 rings (SSSR count). The Kier molecular flexibility index (Phi) is 5.62. The number of aliphatic hydroxyl groups is 1. The third-order valence-corrected chi connectivity index (χ3v) is 3.72. The van der Waals surface area contributed by atoms with E-state index in [1.54, 1.807) is 36.4 Å². The number of hydrogen-bond donors (Lipinski definition) is 2. The van der Waals surface area contributed by atoms with Gasteiger partial charge in [0.25, 0.3) is 0 Å². The van der Waals surface area contributed by atoms with Crippen LogP contribution in [0.15, 0.2) is 36.4 Å². The van der Waals surface area contributed by atoms with Crippen molar-refractivity contribution in [2.75, 3.05) is 11.9 Å². The van der Waals surface area contributed by atoms with Gasteiger partial charge < -0.3 is 10.4 Å². The molecule has 0 amide bonds. The monoisotopic (exact) mass is 348 g/mol. The van der Waals surface area contributed by atoms with Crippen molar-refractivity contribution >= 4 is 34.7 Å². The minimum Gasteiger partial charge on any atom is -0.387 e.